The topological polar surface area (TPSA) is 83.1 Å². The van der Waals surface area contributed by atoms with Gasteiger partial charge in [0.1, 0.15) is 0 Å². The molecule has 2 rings (SSSR count). The SMILES string of the molecule is COc1cc(CCC(=O)OC(C)C(=O)Nc2ccc(Cl)cc2)cc(OC)c1OC. The van der Waals surface area contributed by atoms with Crippen LogP contribution in [0.2, 0.25) is 5.02 Å². The van der Waals surface area contributed by atoms with Gasteiger partial charge in [-0.15, -0.1) is 0 Å². The summed E-state index contributed by atoms with van der Waals surface area (Å²) in [7, 11) is 4.57. The lowest BCUT2D eigenvalue weighted by atomic mass is 10.1. The third-order valence-electron chi connectivity index (χ3n) is 4.13. The number of rotatable bonds is 9. The number of carbonyl (C=O) groups is 2. The van der Waals surface area contributed by atoms with Crippen molar-refractivity contribution < 1.29 is 28.5 Å². The Balaban J connectivity index is 1.92. The summed E-state index contributed by atoms with van der Waals surface area (Å²) in [6, 6.07) is 10.2. The molecule has 2 aromatic rings. The number of aryl methyl sites for hydroxylation is 1. The van der Waals surface area contributed by atoms with Crippen molar-refractivity contribution in [3.8, 4) is 17.2 Å². The van der Waals surface area contributed by atoms with Crippen molar-refractivity contribution in [3.63, 3.8) is 0 Å². The van der Waals surface area contributed by atoms with Crippen LogP contribution in [0.15, 0.2) is 36.4 Å². The van der Waals surface area contributed by atoms with Crippen LogP contribution in [0.3, 0.4) is 0 Å². The molecule has 1 unspecified atom stereocenters. The van der Waals surface area contributed by atoms with E-state index in [9.17, 15) is 9.59 Å². The van der Waals surface area contributed by atoms with Gasteiger partial charge >= 0.3 is 5.97 Å². The standard InChI is InChI=1S/C21H24ClNO6/c1-13(21(25)23-16-8-6-15(22)7-9-16)29-19(24)10-5-14-11-17(26-2)20(28-4)18(12-14)27-3/h6-9,11-13H,5,10H2,1-4H3,(H,23,25). The highest BCUT2D eigenvalue weighted by molar-refractivity contribution is 6.30. The number of esters is 1. The fraction of sp³-hybridized carbons (Fsp3) is 0.333. The summed E-state index contributed by atoms with van der Waals surface area (Å²) >= 11 is 5.82. The van der Waals surface area contributed by atoms with Crippen LogP contribution in [-0.2, 0) is 20.7 Å². The Morgan fingerprint density at radius 3 is 2.10 bits per heavy atom. The highest BCUT2D eigenvalue weighted by Gasteiger charge is 2.19. The zero-order valence-electron chi connectivity index (χ0n) is 16.8. The second-order valence-corrected chi connectivity index (χ2v) is 6.60. The molecule has 2 aromatic carbocycles. The van der Waals surface area contributed by atoms with E-state index in [1.807, 2.05) is 0 Å². The number of hydrogen-bond donors (Lipinski definition) is 1. The van der Waals surface area contributed by atoms with Crippen LogP contribution < -0.4 is 19.5 Å². The minimum Gasteiger partial charge on any atom is -0.493 e. The van der Waals surface area contributed by atoms with Crippen LogP contribution >= 0.6 is 11.6 Å². The van der Waals surface area contributed by atoms with Gasteiger partial charge in [0.05, 0.1) is 21.3 Å². The van der Waals surface area contributed by atoms with Crippen molar-refractivity contribution >= 4 is 29.2 Å². The molecule has 29 heavy (non-hydrogen) atoms. The van der Waals surface area contributed by atoms with Gasteiger partial charge in [-0.3, -0.25) is 9.59 Å². The van der Waals surface area contributed by atoms with Gasteiger partial charge in [0, 0.05) is 17.1 Å². The van der Waals surface area contributed by atoms with Gasteiger partial charge in [0.2, 0.25) is 5.75 Å². The molecule has 0 saturated heterocycles. The molecular weight excluding hydrogens is 398 g/mol. The Kier molecular flexibility index (Phi) is 8.15. The van der Waals surface area contributed by atoms with Crippen LogP contribution in [-0.4, -0.2) is 39.3 Å². The first kappa shape index (κ1) is 22.4. The predicted octanol–water partition coefficient (Wildman–Crippen LogP) is 3.87. The summed E-state index contributed by atoms with van der Waals surface area (Å²) in [6.45, 7) is 1.52. The van der Waals surface area contributed by atoms with Crippen molar-refractivity contribution in [3.05, 3.63) is 47.0 Å². The van der Waals surface area contributed by atoms with E-state index in [1.54, 1.807) is 36.4 Å². The average molecular weight is 422 g/mol. The summed E-state index contributed by atoms with van der Waals surface area (Å²) in [5, 5.41) is 3.23. The molecule has 1 amide bonds. The molecule has 0 radical (unpaired) electrons. The molecule has 0 bridgehead atoms. The van der Waals surface area contributed by atoms with Crippen molar-refractivity contribution in [2.45, 2.75) is 25.9 Å². The van der Waals surface area contributed by atoms with Gasteiger partial charge in [0.25, 0.3) is 5.91 Å². The number of ether oxygens (including phenoxy) is 4. The van der Waals surface area contributed by atoms with E-state index in [0.29, 0.717) is 34.4 Å². The number of nitrogens with one attached hydrogen (secondary N) is 1. The Labute approximate surface area is 174 Å². The van der Waals surface area contributed by atoms with Crippen LogP contribution in [0.4, 0.5) is 5.69 Å². The number of methoxy groups -OCH3 is 3. The largest absolute Gasteiger partial charge is 0.493 e. The van der Waals surface area contributed by atoms with Gasteiger partial charge in [-0.1, -0.05) is 11.6 Å². The molecule has 0 aliphatic heterocycles. The summed E-state index contributed by atoms with van der Waals surface area (Å²) < 4.78 is 21.1. The first-order valence-electron chi connectivity index (χ1n) is 8.92. The maximum atomic E-state index is 12.2. The summed E-state index contributed by atoms with van der Waals surface area (Å²) in [6.07, 6.45) is -0.448. The lowest BCUT2D eigenvalue weighted by molar-refractivity contribution is -0.153. The molecular formula is C21H24ClNO6. The minimum absolute atomic E-state index is 0.0944. The van der Waals surface area contributed by atoms with Gasteiger partial charge < -0.3 is 24.3 Å². The summed E-state index contributed by atoms with van der Waals surface area (Å²) in [5.74, 6) is 0.580. The Hall–Kier alpha value is -2.93. The van der Waals surface area contributed by atoms with Gasteiger partial charge in [-0.25, -0.2) is 0 Å². The zero-order valence-corrected chi connectivity index (χ0v) is 17.5. The molecule has 1 atom stereocenters. The lowest BCUT2D eigenvalue weighted by Crippen LogP contribution is -2.30. The third-order valence-corrected chi connectivity index (χ3v) is 4.38. The van der Waals surface area contributed by atoms with Crippen molar-refractivity contribution in [1.82, 2.24) is 0 Å². The van der Waals surface area contributed by atoms with Gasteiger partial charge in [-0.2, -0.15) is 0 Å². The Bertz CT molecular complexity index is 828. The number of anilines is 1. The highest BCUT2D eigenvalue weighted by Crippen LogP contribution is 2.38. The molecule has 1 N–H and O–H groups in total. The quantitative estimate of drug-likeness (QED) is 0.619. The molecule has 8 heteroatoms. The molecule has 0 spiro atoms. The lowest BCUT2D eigenvalue weighted by Gasteiger charge is -2.15. The second kappa shape index (κ2) is 10.6. The first-order chi connectivity index (χ1) is 13.9. The summed E-state index contributed by atoms with van der Waals surface area (Å²) in [4.78, 5) is 24.3. The summed E-state index contributed by atoms with van der Waals surface area (Å²) in [5.41, 5.74) is 1.38. The van der Waals surface area contributed by atoms with Crippen LogP contribution in [0.5, 0.6) is 17.2 Å². The number of amides is 1. The molecule has 0 aliphatic carbocycles. The second-order valence-electron chi connectivity index (χ2n) is 6.16. The number of carbonyl (C=O) groups excluding carboxylic acids is 2. The maximum absolute atomic E-state index is 12.2. The van der Waals surface area contributed by atoms with E-state index in [4.69, 9.17) is 30.5 Å². The first-order valence-corrected chi connectivity index (χ1v) is 9.30. The number of hydrogen-bond acceptors (Lipinski definition) is 6. The monoisotopic (exact) mass is 421 g/mol. The average Bonchev–Trinajstić information content (AvgIpc) is 2.72. The minimum atomic E-state index is -0.932. The van der Waals surface area contributed by atoms with E-state index >= 15 is 0 Å². The number of benzene rings is 2. The Morgan fingerprint density at radius 2 is 1.59 bits per heavy atom. The molecule has 7 nitrogen and oxygen atoms in total. The van der Waals surface area contributed by atoms with Gasteiger partial charge in [0.15, 0.2) is 17.6 Å². The van der Waals surface area contributed by atoms with E-state index in [1.165, 1.54) is 28.3 Å². The smallest absolute Gasteiger partial charge is 0.306 e. The van der Waals surface area contributed by atoms with Crippen molar-refractivity contribution in [2.24, 2.45) is 0 Å². The van der Waals surface area contributed by atoms with Crippen LogP contribution in [0, 0.1) is 0 Å². The molecule has 0 saturated carbocycles. The Morgan fingerprint density at radius 1 is 1.00 bits per heavy atom. The highest BCUT2D eigenvalue weighted by atomic mass is 35.5. The molecule has 0 fully saturated rings. The van der Waals surface area contributed by atoms with E-state index in [2.05, 4.69) is 5.32 Å². The fourth-order valence-electron chi connectivity index (χ4n) is 2.61. The molecule has 156 valence electrons. The van der Waals surface area contributed by atoms with E-state index in [-0.39, 0.29) is 6.42 Å². The van der Waals surface area contributed by atoms with Crippen molar-refractivity contribution in [2.75, 3.05) is 26.6 Å². The number of halogens is 1. The van der Waals surface area contributed by atoms with Crippen molar-refractivity contribution in [1.29, 1.82) is 0 Å². The molecule has 0 aliphatic rings. The fourth-order valence-corrected chi connectivity index (χ4v) is 2.74. The van der Waals surface area contributed by atoms with E-state index in [0.717, 1.165) is 5.56 Å². The van der Waals surface area contributed by atoms with Gasteiger partial charge in [-0.05, 0) is 55.3 Å². The zero-order chi connectivity index (χ0) is 21.4. The predicted molar refractivity (Wildman–Crippen MR) is 110 cm³/mol. The third kappa shape index (κ3) is 6.29. The molecule has 0 heterocycles. The van der Waals surface area contributed by atoms with E-state index < -0.39 is 18.0 Å². The normalized spacial score (nSPS) is 11.3. The van der Waals surface area contributed by atoms with Crippen LogP contribution in [0.1, 0.15) is 18.9 Å². The molecule has 0 aromatic heterocycles. The maximum Gasteiger partial charge on any atom is 0.306 e. The van der Waals surface area contributed by atoms with Crippen LogP contribution in [0.25, 0.3) is 0 Å².